The summed E-state index contributed by atoms with van der Waals surface area (Å²) in [4.78, 5) is 0. The molecule has 0 aliphatic heterocycles. The van der Waals surface area contributed by atoms with Gasteiger partial charge in [-0.1, -0.05) is 133 Å². The Morgan fingerprint density at radius 3 is 1.31 bits per heavy atom. The summed E-state index contributed by atoms with van der Waals surface area (Å²) in [6.45, 7) is 0. The van der Waals surface area contributed by atoms with Gasteiger partial charge in [-0.15, -0.1) is 0 Å². The van der Waals surface area contributed by atoms with Crippen molar-refractivity contribution in [2.75, 3.05) is 0 Å². The van der Waals surface area contributed by atoms with Crippen LogP contribution in [0.25, 0.3) is 126 Å². The molecular formula is C58H35N3. The standard InChI is InChI=1S/C58H35N3/c1-2-14-39(15-3-1)59-51-23-8-4-16-43(51)47-32-36(28-30-56(47)59)37-29-31-57-48(33-37)44-17-5-9-24-52(44)60(57)53-27-13-21-41-40(20-12-22-42(41)53)38-34-49-45-18-6-10-25-54(45)61-55-26-11-7-19-46(55)50(35-38)58(49)61/h1-35H. The summed E-state index contributed by atoms with van der Waals surface area (Å²) in [6, 6.07) is 78.5. The average Bonchev–Trinajstić information content (AvgIpc) is 4.05. The van der Waals surface area contributed by atoms with Crippen LogP contribution in [0.4, 0.5) is 0 Å². The van der Waals surface area contributed by atoms with Crippen LogP contribution in [0.1, 0.15) is 0 Å². The number of hydrogen-bond acceptors (Lipinski definition) is 0. The number of rotatable bonds is 4. The van der Waals surface area contributed by atoms with Crippen LogP contribution in [0.2, 0.25) is 0 Å². The molecule has 14 rings (SSSR count). The first kappa shape index (κ1) is 32.8. The number of benzene rings is 10. The molecule has 0 fully saturated rings. The Bertz CT molecular complexity index is 4020. The second-order valence-corrected chi connectivity index (χ2v) is 16.5. The molecule has 3 heteroatoms. The zero-order valence-corrected chi connectivity index (χ0v) is 33.0. The Morgan fingerprint density at radius 2 is 0.689 bits per heavy atom. The molecule has 61 heavy (non-hydrogen) atoms. The minimum atomic E-state index is 1.17. The van der Waals surface area contributed by atoms with Crippen molar-refractivity contribution in [3.63, 3.8) is 0 Å². The van der Waals surface area contributed by atoms with Crippen molar-refractivity contribution in [1.29, 1.82) is 0 Å². The fraction of sp³-hybridized carbons (Fsp3) is 0. The number of nitrogens with zero attached hydrogens (tertiary/aromatic N) is 3. The van der Waals surface area contributed by atoms with Crippen molar-refractivity contribution in [3.8, 4) is 33.6 Å². The van der Waals surface area contributed by atoms with Crippen LogP contribution >= 0.6 is 0 Å². The molecule has 0 atom stereocenters. The van der Waals surface area contributed by atoms with E-state index in [1.165, 1.54) is 126 Å². The number of hydrogen-bond donors (Lipinski definition) is 0. The predicted octanol–water partition coefficient (Wildman–Crippen LogP) is 15.5. The maximum atomic E-state index is 2.48. The lowest BCUT2D eigenvalue weighted by molar-refractivity contribution is 1.18. The summed E-state index contributed by atoms with van der Waals surface area (Å²) in [5, 5.41) is 12.7. The second-order valence-electron chi connectivity index (χ2n) is 16.5. The van der Waals surface area contributed by atoms with E-state index in [1.807, 2.05) is 0 Å². The highest BCUT2D eigenvalue weighted by atomic mass is 15.0. The van der Waals surface area contributed by atoms with Crippen LogP contribution < -0.4 is 0 Å². The number of aromatic nitrogens is 3. The van der Waals surface area contributed by atoms with Gasteiger partial charge >= 0.3 is 0 Å². The quantitative estimate of drug-likeness (QED) is 0.169. The fourth-order valence-corrected chi connectivity index (χ4v) is 10.8. The van der Waals surface area contributed by atoms with Crippen molar-refractivity contribution in [3.05, 3.63) is 212 Å². The van der Waals surface area contributed by atoms with Crippen molar-refractivity contribution in [2.45, 2.75) is 0 Å². The summed E-state index contributed by atoms with van der Waals surface area (Å²) >= 11 is 0. The zero-order chi connectivity index (χ0) is 39.8. The highest BCUT2D eigenvalue weighted by molar-refractivity contribution is 6.25. The molecule has 0 aliphatic carbocycles. The van der Waals surface area contributed by atoms with Crippen molar-refractivity contribution in [2.24, 2.45) is 0 Å². The predicted molar refractivity (Wildman–Crippen MR) is 258 cm³/mol. The first-order valence-electron chi connectivity index (χ1n) is 21.1. The molecule has 14 aromatic rings. The molecule has 0 bridgehead atoms. The van der Waals surface area contributed by atoms with E-state index in [0.717, 1.165) is 0 Å². The molecular weight excluding hydrogens is 739 g/mol. The van der Waals surface area contributed by atoms with Gasteiger partial charge in [0, 0.05) is 54.2 Å². The van der Waals surface area contributed by atoms with Crippen LogP contribution in [-0.2, 0) is 0 Å². The Hall–Kier alpha value is -8.14. The summed E-state index contributed by atoms with van der Waals surface area (Å²) in [5.41, 5.74) is 15.9. The fourth-order valence-electron chi connectivity index (χ4n) is 10.8. The first-order valence-corrected chi connectivity index (χ1v) is 21.1. The maximum absolute atomic E-state index is 2.48. The van der Waals surface area contributed by atoms with Crippen LogP contribution in [0.5, 0.6) is 0 Å². The van der Waals surface area contributed by atoms with Crippen molar-refractivity contribution >= 4 is 92.5 Å². The molecule has 0 radical (unpaired) electrons. The highest BCUT2D eigenvalue weighted by Crippen LogP contribution is 2.44. The third kappa shape index (κ3) is 4.47. The molecule has 4 heterocycles. The van der Waals surface area contributed by atoms with Gasteiger partial charge in [-0.3, -0.25) is 0 Å². The number of para-hydroxylation sites is 5. The number of fused-ring (bicyclic) bond motifs is 13. The SMILES string of the molecule is c1ccc(-n2c3ccccc3c3cc(-c4ccc5c(c4)c4ccccc4n5-c4cccc5c(-c6cc7c8ccccc8n8c9ccccc9c(c6)c78)cccc45)ccc32)cc1. The molecule has 0 unspecified atom stereocenters. The van der Waals surface area contributed by atoms with E-state index in [9.17, 15) is 0 Å². The molecule has 3 nitrogen and oxygen atoms in total. The summed E-state index contributed by atoms with van der Waals surface area (Å²) in [7, 11) is 0. The lowest BCUT2D eigenvalue weighted by Crippen LogP contribution is -1.96. The second kappa shape index (κ2) is 12.2. The van der Waals surface area contributed by atoms with Gasteiger partial charge in [-0.05, 0) is 107 Å². The van der Waals surface area contributed by atoms with Gasteiger partial charge in [0.05, 0.1) is 44.3 Å². The van der Waals surface area contributed by atoms with Gasteiger partial charge in [0.1, 0.15) is 0 Å². The molecule has 0 saturated carbocycles. The van der Waals surface area contributed by atoms with E-state index in [4.69, 9.17) is 0 Å². The van der Waals surface area contributed by atoms with E-state index in [2.05, 4.69) is 226 Å². The Morgan fingerprint density at radius 1 is 0.246 bits per heavy atom. The van der Waals surface area contributed by atoms with Gasteiger partial charge in [0.2, 0.25) is 0 Å². The van der Waals surface area contributed by atoms with Crippen LogP contribution in [-0.4, -0.2) is 13.5 Å². The topological polar surface area (TPSA) is 14.3 Å². The van der Waals surface area contributed by atoms with Crippen molar-refractivity contribution in [1.82, 2.24) is 13.5 Å². The third-order valence-electron chi connectivity index (χ3n) is 13.3. The zero-order valence-electron chi connectivity index (χ0n) is 33.0. The Kier molecular flexibility index (Phi) is 6.56. The molecule has 4 aromatic heterocycles. The van der Waals surface area contributed by atoms with Gasteiger partial charge < -0.3 is 13.5 Å². The van der Waals surface area contributed by atoms with Crippen LogP contribution in [0.15, 0.2) is 212 Å². The highest BCUT2D eigenvalue weighted by Gasteiger charge is 2.21. The molecule has 282 valence electrons. The Balaban J connectivity index is 0.957. The average molecular weight is 774 g/mol. The van der Waals surface area contributed by atoms with E-state index >= 15 is 0 Å². The van der Waals surface area contributed by atoms with Gasteiger partial charge in [0.25, 0.3) is 0 Å². The normalized spacial score (nSPS) is 12.3. The molecule has 10 aromatic carbocycles. The minimum Gasteiger partial charge on any atom is -0.309 e. The molecule has 0 spiro atoms. The van der Waals surface area contributed by atoms with Gasteiger partial charge in [-0.25, -0.2) is 0 Å². The smallest absolute Gasteiger partial charge is 0.0620 e. The van der Waals surface area contributed by atoms with Gasteiger partial charge in [0.15, 0.2) is 0 Å². The largest absolute Gasteiger partial charge is 0.309 e. The van der Waals surface area contributed by atoms with E-state index in [1.54, 1.807) is 0 Å². The monoisotopic (exact) mass is 773 g/mol. The van der Waals surface area contributed by atoms with Crippen LogP contribution in [0.3, 0.4) is 0 Å². The summed E-state index contributed by atoms with van der Waals surface area (Å²) in [5.74, 6) is 0. The van der Waals surface area contributed by atoms with Gasteiger partial charge in [-0.2, -0.15) is 0 Å². The van der Waals surface area contributed by atoms with Crippen molar-refractivity contribution < 1.29 is 0 Å². The lowest BCUT2D eigenvalue weighted by Gasteiger charge is -2.15. The van der Waals surface area contributed by atoms with E-state index in [0.29, 0.717) is 0 Å². The minimum absolute atomic E-state index is 1.17. The third-order valence-corrected chi connectivity index (χ3v) is 13.3. The maximum Gasteiger partial charge on any atom is 0.0620 e. The molecule has 0 amide bonds. The molecule has 0 aliphatic rings. The van der Waals surface area contributed by atoms with E-state index < -0.39 is 0 Å². The molecule has 0 saturated heterocycles. The Labute approximate surface area is 350 Å². The molecule has 0 N–H and O–H groups in total. The first-order chi connectivity index (χ1) is 30.3. The van der Waals surface area contributed by atoms with E-state index in [-0.39, 0.29) is 0 Å². The van der Waals surface area contributed by atoms with Crippen LogP contribution in [0, 0.1) is 0 Å². The summed E-state index contributed by atoms with van der Waals surface area (Å²) < 4.78 is 7.31. The lowest BCUT2D eigenvalue weighted by atomic mass is 9.94. The summed E-state index contributed by atoms with van der Waals surface area (Å²) in [6.07, 6.45) is 0.